The zero-order valence-corrected chi connectivity index (χ0v) is 18.6. The summed E-state index contributed by atoms with van der Waals surface area (Å²) in [5.41, 5.74) is 0.242. The van der Waals surface area contributed by atoms with E-state index in [-0.39, 0.29) is 36.8 Å². The number of carbonyl (C=O) groups is 4. The topological polar surface area (TPSA) is 126 Å². The number of likely N-dealkylation sites (N-methyl/N-ethyl adjacent to an activating group) is 1. The first-order valence-electron chi connectivity index (χ1n) is 10.7. The molecule has 0 saturated heterocycles. The number of hydrogen-bond acceptors (Lipinski definition) is 6. The second-order valence-electron chi connectivity index (χ2n) is 7.48. The summed E-state index contributed by atoms with van der Waals surface area (Å²) in [5.74, 6) is -1.10. The van der Waals surface area contributed by atoms with Crippen LogP contribution in [-0.2, 0) is 19.1 Å². The van der Waals surface area contributed by atoms with Crippen LogP contribution in [0.1, 0.15) is 36.0 Å². The summed E-state index contributed by atoms with van der Waals surface area (Å²) in [6.45, 7) is 1.71. The van der Waals surface area contributed by atoms with Crippen molar-refractivity contribution >= 4 is 23.6 Å². The smallest absolute Gasteiger partial charge is 0.255 e. The van der Waals surface area contributed by atoms with E-state index in [0.717, 1.165) is 0 Å². The molecule has 10 heteroatoms. The van der Waals surface area contributed by atoms with Crippen LogP contribution >= 0.6 is 0 Å². The molecule has 4 amide bonds. The fraction of sp³-hybridized carbons (Fsp3) is 0.545. The monoisotopic (exact) mass is 448 g/mol. The van der Waals surface area contributed by atoms with Gasteiger partial charge < -0.3 is 30.3 Å². The van der Waals surface area contributed by atoms with Crippen molar-refractivity contribution in [2.75, 3.05) is 47.0 Å². The largest absolute Gasteiger partial charge is 0.491 e. The first kappa shape index (κ1) is 25.1. The Morgan fingerprint density at radius 1 is 1.28 bits per heavy atom. The van der Waals surface area contributed by atoms with Crippen LogP contribution in [0.2, 0.25) is 0 Å². The van der Waals surface area contributed by atoms with Gasteiger partial charge in [0.25, 0.3) is 5.91 Å². The minimum absolute atomic E-state index is 0.0608. The van der Waals surface area contributed by atoms with Crippen LogP contribution in [0.3, 0.4) is 0 Å². The molecule has 1 atom stereocenters. The average Bonchev–Trinajstić information content (AvgIpc) is 2.78. The van der Waals surface area contributed by atoms with Crippen LogP contribution in [0.4, 0.5) is 0 Å². The number of para-hydroxylation sites is 1. The molecule has 1 heterocycles. The fourth-order valence-corrected chi connectivity index (χ4v) is 3.11. The molecule has 1 aromatic rings. The van der Waals surface area contributed by atoms with Crippen LogP contribution in [0.15, 0.2) is 24.3 Å². The molecule has 32 heavy (non-hydrogen) atoms. The number of nitrogens with zero attached hydrogens (tertiary/aromatic N) is 1. The number of benzene rings is 1. The highest BCUT2D eigenvalue weighted by Gasteiger charge is 2.25. The maximum atomic E-state index is 12.9. The number of nitrogens with one attached hydrogen (secondary N) is 3. The third-order valence-corrected chi connectivity index (χ3v) is 4.97. The molecule has 1 aliphatic rings. The van der Waals surface area contributed by atoms with Crippen molar-refractivity contribution in [1.29, 1.82) is 0 Å². The van der Waals surface area contributed by atoms with Crippen LogP contribution in [0.5, 0.6) is 5.75 Å². The van der Waals surface area contributed by atoms with Gasteiger partial charge in [-0.3, -0.25) is 19.2 Å². The van der Waals surface area contributed by atoms with E-state index in [0.29, 0.717) is 44.8 Å². The molecule has 0 radical (unpaired) electrons. The van der Waals surface area contributed by atoms with Crippen molar-refractivity contribution < 1.29 is 28.7 Å². The molecule has 1 aromatic carbocycles. The summed E-state index contributed by atoms with van der Waals surface area (Å²) in [6, 6.07) is 5.58. The zero-order chi connectivity index (χ0) is 23.3. The standard InChI is InChI=1S/C22H32N4O6/c1-26-12-14-32-18-8-4-3-7-16(18)21(29)25-17(22(30)24-11-6-13-31-2)15-19(27)23-10-5-9-20(26)28/h3-4,7-8,17H,5-6,9-15H2,1-2H3,(H,23,27)(H,24,30)(H,25,29)/t17-/m0/s1. The highest BCUT2D eigenvalue weighted by Crippen LogP contribution is 2.18. The third-order valence-electron chi connectivity index (χ3n) is 4.97. The minimum atomic E-state index is -1.06. The van der Waals surface area contributed by atoms with Gasteiger partial charge in [0.2, 0.25) is 17.7 Å². The SMILES string of the molecule is COCCCNC(=O)[C@@H]1CC(=O)NCCCC(=O)N(C)CCOc2ccccc2C(=O)N1. The van der Waals surface area contributed by atoms with Gasteiger partial charge in [-0.1, -0.05) is 12.1 Å². The van der Waals surface area contributed by atoms with Gasteiger partial charge in [-0.25, -0.2) is 0 Å². The lowest BCUT2D eigenvalue weighted by Gasteiger charge is -2.21. The van der Waals surface area contributed by atoms with E-state index in [9.17, 15) is 19.2 Å². The van der Waals surface area contributed by atoms with Crippen molar-refractivity contribution in [3.63, 3.8) is 0 Å². The summed E-state index contributed by atoms with van der Waals surface area (Å²) in [4.78, 5) is 51.7. The maximum absolute atomic E-state index is 12.9. The van der Waals surface area contributed by atoms with E-state index in [4.69, 9.17) is 9.47 Å². The summed E-state index contributed by atoms with van der Waals surface area (Å²) < 4.78 is 10.7. The number of ether oxygens (including phenoxy) is 2. The maximum Gasteiger partial charge on any atom is 0.255 e. The van der Waals surface area contributed by atoms with Crippen LogP contribution in [0, 0.1) is 0 Å². The lowest BCUT2D eigenvalue weighted by molar-refractivity contribution is -0.130. The molecular formula is C22H32N4O6. The Morgan fingerprint density at radius 3 is 2.84 bits per heavy atom. The van der Waals surface area contributed by atoms with Crippen LogP contribution < -0.4 is 20.7 Å². The van der Waals surface area contributed by atoms with Crippen LogP contribution in [0.25, 0.3) is 0 Å². The zero-order valence-electron chi connectivity index (χ0n) is 18.6. The van der Waals surface area contributed by atoms with E-state index < -0.39 is 17.9 Å². The molecule has 3 N–H and O–H groups in total. The third kappa shape index (κ3) is 8.18. The average molecular weight is 449 g/mol. The summed E-state index contributed by atoms with van der Waals surface area (Å²) >= 11 is 0. The molecule has 0 spiro atoms. The molecule has 2 rings (SSSR count). The molecule has 176 valence electrons. The fourth-order valence-electron chi connectivity index (χ4n) is 3.11. The molecule has 0 unspecified atom stereocenters. The summed E-state index contributed by atoms with van der Waals surface area (Å²) in [7, 11) is 3.25. The van der Waals surface area contributed by atoms with E-state index in [1.54, 1.807) is 43.3 Å². The van der Waals surface area contributed by atoms with Gasteiger partial charge in [-0.05, 0) is 25.0 Å². The highest BCUT2D eigenvalue weighted by molar-refractivity contribution is 6.00. The van der Waals surface area contributed by atoms with Crippen molar-refractivity contribution in [3.8, 4) is 5.75 Å². The molecule has 0 saturated carbocycles. The number of hydrogen-bond donors (Lipinski definition) is 3. The van der Waals surface area contributed by atoms with E-state index >= 15 is 0 Å². The summed E-state index contributed by atoms with van der Waals surface area (Å²) in [5, 5.41) is 8.08. The van der Waals surface area contributed by atoms with E-state index in [1.807, 2.05) is 0 Å². The summed E-state index contributed by atoms with van der Waals surface area (Å²) in [6.07, 6.45) is 1.14. The second kappa shape index (κ2) is 13.3. The molecule has 10 nitrogen and oxygen atoms in total. The number of carbonyl (C=O) groups excluding carboxylic acids is 4. The first-order valence-corrected chi connectivity index (χ1v) is 10.7. The van der Waals surface area contributed by atoms with Gasteiger partial charge in [0.15, 0.2) is 0 Å². The van der Waals surface area contributed by atoms with Crippen molar-refractivity contribution in [3.05, 3.63) is 29.8 Å². The Balaban J connectivity index is 2.18. The first-order chi connectivity index (χ1) is 15.4. The Hall–Kier alpha value is -3.14. The number of rotatable bonds is 5. The minimum Gasteiger partial charge on any atom is -0.491 e. The van der Waals surface area contributed by atoms with Gasteiger partial charge in [0.1, 0.15) is 18.4 Å². The number of fused-ring (bicyclic) bond motifs is 1. The van der Waals surface area contributed by atoms with Crippen LogP contribution in [-0.4, -0.2) is 81.6 Å². The Bertz CT molecular complexity index is 800. The second-order valence-corrected chi connectivity index (χ2v) is 7.48. The number of methoxy groups -OCH3 is 1. The highest BCUT2D eigenvalue weighted by atomic mass is 16.5. The van der Waals surface area contributed by atoms with Gasteiger partial charge in [0, 0.05) is 40.3 Å². The van der Waals surface area contributed by atoms with E-state index in [1.165, 1.54) is 0 Å². The van der Waals surface area contributed by atoms with Gasteiger partial charge >= 0.3 is 0 Å². The molecular weight excluding hydrogens is 416 g/mol. The van der Waals surface area contributed by atoms with Gasteiger partial charge in [-0.15, -0.1) is 0 Å². The molecule has 0 fully saturated rings. The quantitative estimate of drug-likeness (QED) is 0.548. The Kier molecular flexibility index (Phi) is 10.5. The molecule has 0 aliphatic carbocycles. The molecule has 1 aliphatic heterocycles. The van der Waals surface area contributed by atoms with Gasteiger partial charge in [0.05, 0.1) is 18.5 Å². The molecule has 0 aromatic heterocycles. The lowest BCUT2D eigenvalue weighted by Crippen LogP contribution is -2.49. The molecule has 0 bridgehead atoms. The normalized spacial score (nSPS) is 18.8. The van der Waals surface area contributed by atoms with Crippen molar-refractivity contribution in [2.45, 2.75) is 31.7 Å². The van der Waals surface area contributed by atoms with Crippen molar-refractivity contribution in [1.82, 2.24) is 20.9 Å². The van der Waals surface area contributed by atoms with Gasteiger partial charge in [-0.2, -0.15) is 0 Å². The van der Waals surface area contributed by atoms with E-state index in [2.05, 4.69) is 16.0 Å². The predicted octanol–water partition coefficient (Wildman–Crippen LogP) is 0.0750. The Morgan fingerprint density at radius 2 is 2.06 bits per heavy atom. The Labute approximate surface area is 188 Å². The lowest BCUT2D eigenvalue weighted by atomic mass is 10.1. The predicted molar refractivity (Wildman–Crippen MR) is 117 cm³/mol. The van der Waals surface area contributed by atoms with Crippen molar-refractivity contribution in [2.24, 2.45) is 0 Å². The number of amides is 4.